The van der Waals surface area contributed by atoms with Crippen LogP contribution in [0.15, 0.2) is 35.5 Å². The topological polar surface area (TPSA) is 43.7 Å². The first kappa shape index (κ1) is 23.3. The molecule has 4 aliphatic rings. The Hall–Kier alpha value is -0.900. The van der Waals surface area contributed by atoms with Gasteiger partial charge in [0.25, 0.3) is 0 Å². The highest BCUT2D eigenvalue weighted by Crippen LogP contribution is 2.59. The van der Waals surface area contributed by atoms with Gasteiger partial charge in [0.15, 0.2) is 0 Å². The lowest BCUT2D eigenvalue weighted by Crippen LogP contribution is -2.44. The van der Waals surface area contributed by atoms with Crippen LogP contribution < -0.4 is 0 Å². The Morgan fingerprint density at radius 3 is 2.55 bits per heavy atom. The summed E-state index contributed by atoms with van der Waals surface area (Å²) in [5, 5.41) is 20.3. The van der Waals surface area contributed by atoms with Crippen molar-refractivity contribution in [3.63, 3.8) is 0 Å². The molecule has 1 aliphatic heterocycles. The largest absolute Gasteiger partial charge is 0.388 e. The zero-order chi connectivity index (χ0) is 22.2. The Balaban J connectivity index is 1.45. The third kappa shape index (κ3) is 4.75. The Bertz CT molecular complexity index is 709. The molecule has 3 saturated carbocycles. The number of fused-ring (bicyclic) bond motifs is 1. The molecule has 7 atom stereocenters. The Morgan fingerprint density at radius 1 is 1.10 bits per heavy atom. The van der Waals surface area contributed by atoms with Crippen molar-refractivity contribution in [1.82, 2.24) is 4.90 Å². The van der Waals surface area contributed by atoms with Gasteiger partial charge in [0, 0.05) is 12.6 Å². The van der Waals surface area contributed by atoms with Crippen LogP contribution in [-0.4, -0.2) is 46.5 Å². The van der Waals surface area contributed by atoms with Crippen LogP contribution in [0.25, 0.3) is 0 Å². The molecule has 1 heterocycles. The van der Waals surface area contributed by atoms with Gasteiger partial charge in [-0.15, -0.1) is 0 Å². The van der Waals surface area contributed by atoms with Crippen molar-refractivity contribution >= 4 is 0 Å². The van der Waals surface area contributed by atoms with E-state index in [9.17, 15) is 10.2 Å². The van der Waals surface area contributed by atoms with Crippen LogP contribution in [-0.2, 0) is 0 Å². The van der Waals surface area contributed by atoms with Crippen molar-refractivity contribution in [2.45, 2.75) is 103 Å². The molecule has 0 radical (unpaired) electrons. The highest BCUT2D eigenvalue weighted by molar-refractivity contribution is 5.29. The van der Waals surface area contributed by atoms with E-state index in [0.717, 1.165) is 23.5 Å². The third-order valence-electron chi connectivity index (χ3n) is 9.49. The summed E-state index contributed by atoms with van der Waals surface area (Å²) in [6, 6.07) is 0.756. The van der Waals surface area contributed by atoms with Crippen LogP contribution in [0.1, 0.15) is 85.0 Å². The van der Waals surface area contributed by atoms with Gasteiger partial charge in [0.1, 0.15) is 0 Å². The summed E-state index contributed by atoms with van der Waals surface area (Å²) in [6.07, 6.45) is 15.4. The maximum Gasteiger partial charge on any atom is 0.0809 e. The molecular formula is C28H45NO2. The molecule has 1 unspecified atom stereocenters. The normalized spacial score (nSPS) is 42.0. The highest BCUT2D eigenvalue weighted by atomic mass is 16.3. The van der Waals surface area contributed by atoms with Crippen LogP contribution in [0.4, 0.5) is 0 Å². The van der Waals surface area contributed by atoms with E-state index in [1.807, 2.05) is 0 Å². The highest BCUT2D eigenvalue weighted by Gasteiger charge is 2.50. The summed E-state index contributed by atoms with van der Waals surface area (Å²) < 4.78 is 0. The van der Waals surface area contributed by atoms with Gasteiger partial charge in [-0.25, -0.2) is 0 Å². The number of hydrogen-bond acceptors (Lipinski definition) is 3. The van der Waals surface area contributed by atoms with Gasteiger partial charge in [-0.3, -0.25) is 0 Å². The van der Waals surface area contributed by atoms with E-state index in [1.54, 1.807) is 5.57 Å². The predicted molar refractivity (Wildman–Crippen MR) is 129 cm³/mol. The smallest absolute Gasteiger partial charge is 0.0809 e. The lowest BCUT2D eigenvalue weighted by atomic mass is 9.61. The van der Waals surface area contributed by atoms with Crippen molar-refractivity contribution in [2.24, 2.45) is 23.2 Å². The van der Waals surface area contributed by atoms with Gasteiger partial charge in [0.05, 0.1) is 12.2 Å². The van der Waals surface area contributed by atoms with Gasteiger partial charge in [0.2, 0.25) is 0 Å². The Kier molecular flexibility index (Phi) is 7.15. The number of aliphatic hydroxyl groups is 2. The summed E-state index contributed by atoms with van der Waals surface area (Å²) in [7, 11) is 0. The molecule has 0 bridgehead atoms. The zero-order valence-electron chi connectivity index (χ0n) is 20.2. The fourth-order valence-corrected chi connectivity index (χ4v) is 7.57. The van der Waals surface area contributed by atoms with Crippen LogP contribution in [0.3, 0.4) is 0 Å². The first-order valence-electron chi connectivity index (χ1n) is 13.0. The minimum absolute atomic E-state index is 0.431. The summed E-state index contributed by atoms with van der Waals surface area (Å²) in [5.41, 5.74) is 3.79. The Labute approximate surface area is 190 Å². The second-order valence-electron chi connectivity index (χ2n) is 11.5. The van der Waals surface area contributed by atoms with Gasteiger partial charge >= 0.3 is 0 Å². The molecule has 4 rings (SSSR count). The van der Waals surface area contributed by atoms with Crippen LogP contribution in [0.5, 0.6) is 0 Å². The van der Waals surface area contributed by atoms with Crippen molar-refractivity contribution < 1.29 is 10.2 Å². The van der Waals surface area contributed by atoms with E-state index in [2.05, 4.69) is 44.4 Å². The minimum atomic E-state index is -0.598. The molecule has 0 aromatic rings. The number of aliphatic hydroxyl groups excluding tert-OH is 2. The van der Waals surface area contributed by atoms with Gasteiger partial charge in [-0.1, -0.05) is 50.1 Å². The second kappa shape index (κ2) is 9.53. The molecule has 3 aliphatic carbocycles. The molecular weight excluding hydrogens is 382 g/mol. The molecule has 0 aromatic heterocycles. The van der Waals surface area contributed by atoms with Crippen molar-refractivity contribution in [3.05, 3.63) is 35.5 Å². The van der Waals surface area contributed by atoms with E-state index in [0.29, 0.717) is 29.7 Å². The summed E-state index contributed by atoms with van der Waals surface area (Å²) in [6.45, 7) is 13.9. The van der Waals surface area contributed by atoms with Crippen molar-refractivity contribution in [3.8, 4) is 0 Å². The number of likely N-dealkylation sites (tertiary alicyclic amines) is 1. The van der Waals surface area contributed by atoms with E-state index in [-0.39, 0.29) is 0 Å². The average molecular weight is 428 g/mol. The van der Waals surface area contributed by atoms with Crippen LogP contribution in [0, 0.1) is 23.2 Å². The SMILES string of the molecule is C=C1[C@H](O)CC(=C/C=C2\CCC[C@]3(C)[C@@H](C(C)CN4CCCC[C@@H]4C)CC[C@@H]23)C[C@H]1O. The molecule has 0 aromatic carbocycles. The number of hydrogen-bond donors (Lipinski definition) is 2. The standard InChI is InChI=1S/C28H45NO2/c1-19(18-29-15-6-5-8-20(29)2)24-12-13-25-23(9-7-14-28(24,25)4)11-10-22-16-26(30)21(3)27(31)17-22/h10-11,19-20,24-27,30-31H,3,5-9,12-18H2,1-2,4H3/b23-11+/t19?,20-,24+,25-,26+,27+,28+/m0/s1. The summed E-state index contributed by atoms with van der Waals surface area (Å²) in [4.78, 5) is 2.77. The van der Waals surface area contributed by atoms with Crippen molar-refractivity contribution in [1.29, 1.82) is 0 Å². The predicted octanol–water partition coefficient (Wildman–Crippen LogP) is 5.64. The second-order valence-corrected chi connectivity index (χ2v) is 11.5. The molecule has 2 N–H and O–H groups in total. The van der Waals surface area contributed by atoms with E-state index in [4.69, 9.17) is 0 Å². The fraction of sp³-hybridized carbons (Fsp3) is 0.786. The monoisotopic (exact) mass is 427 g/mol. The van der Waals surface area contributed by atoms with Crippen LogP contribution >= 0.6 is 0 Å². The molecule has 31 heavy (non-hydrogen) atoms. The maximum absolute atomic E-state index is 10.2. The Morgan fingerprint density at radius 2 is 1.84 bits per heavy atom. The van der Waals surface area contributed by atoms with E-state index < -0.39 is 12.2 Å². The molecule has 4 fully saturated rings. The molecule has 174 valence electrons. The summed E-state index contributed by atoms with van der Waals surface area (Å²) >= 11 is 0. The van der Waals surface area contributed by atoms with Crippen LogP contribution in [0.2, 0.25) is 0 Å². The first-order chi connectivity index (χ1) is 14.8. The van der Waals surface area contributed by atoms with Gasteiger partial charge < -0.3 is 15.1 Å². The maximum atomic E-state index is 10.2. The molecule has 1 saturated heterocycles. The van der Waals surface area contributed by atoms with Crippen molar-refractivity contribution in [2.75, 3.05) is 13.1 Å². The average Bonchev–Trinajstić information content (AvgIpc) is 3.09. The zero-order valence-corrected chi connectivity index (χ0v) is 20.2. The quantitative estimate of drug-likeness (QED) is 0.571. The van der Waals surface area contributed by atoms with E-state index >= 15 is 0 Å². The van der Waals surface area contributed by atoms with Gasteiger partial charge in [-0.2, -0.15) is 0 Å². The molecule has 0 amide bonds. The number of allylic oxidation sites excluding steroid dienone is 3. The number of nitrogens with zero attached hydrogens (tertiary/aromatic N) is 1. The number of rotatable bonds is 4. The summed E-state index contributed by atoms with van der Waals surface area (Å²) in [5.74, 6) is 2.30. The molecule has 0 spiro atoms. The minimum Gasteiger partial charge on any atom is -0.388 e. The lowest BCUT2D eigenvalue weighted by molar-refractivity contribution is 0.0598. The molecule has 3 heteroatoms. The third-order valence-corrected chi connectivity index (χ3v) is 9.49. The first-order valence-corrected chi connectivity index (χ1v) is 13.0. The van der Waals surface area contributed by atoms with Gasteiger partial charge in [-0.05, 0) is 100.0 Å². The number of piperidine rings is 1. The van der Waals surface area contributed by atoms with E-state index in [1.165, 1.54) is 64.5 Å². The lowest BCUT2D eigenvalue weighted by Gasteiger charge is -2.46. The molecule has 3 nitrogen and oxygen atoms in total. The fourth-order valence-electron chi connectivity index (χ4n) is 7.57.